The first-order valence-electron chi connectivity index (χ1n) is 16.7. The van der Waals surface area contributed by atoms with Crippen molar-refractivity contribution in [3.8, 4) is 0 Å². The second-order valence-corrected chi connectivity index (χ2v) is 16.0. The molecule has 0 aromatic rings. The van der Waals surface area contributed by atoms with Crippen LogP contribution < -0.4 is 0 Å². The molecule has 6 rings (SSSR count). The molecule has 5 fully saturated rings. The van der Waals surface area contributed by atoms with Crippen molar-refractivity contribution in [3.63, 3.8) is 0 Å². The Morgan fingerprint density at radius 2 is 1.70 bits per heavy atom. The molecule has 0 radical (unpaired) electrons. The SMILES string of the molecule is C[C@@]12C[C@@H](O)[C@@H]3[C@H](CC=C4C[C@@H](O)C[C@H](O)[C@]43C)[C@H]1C[C@H](O)[C@H]2[C@@](C)(O)C(=O)[C@@H]1C[C@]1(CO)CO[C@H]1O[C@@H](CO)[C@H](O)[C@@H](O)[C@@H]1O. The summed E-state index contributed by atoms with van der Waals surface area (Å²) in [6, 6.07) is 0. The van der Waals surface area contributed by atoms with Crippen molar-refractivity contribution in [3.05, 3.63) is 11.6 Å². The Bertz CT molecular complexity index is 1210. The van der Waals surface area contributed by atoms with Gasteiger partial charge in [0.15, 0.2) is 12.1 Å². The number of ketones is 1. The third-order valence-electron chi connectivity index (χ3n) is 13.5. The van der Waals surface area contributed by atoms with Gasteiger partial charge in [-0.25, -0.2) is 0 Å². The van der Waals surface area contributed by atoms with E-state index in [1.165, 1.54) is 6.92 Å². The highest BCUT2D eigenvalue weighted by Gasteiger charge is 2.71. The van der Waals surface area contributed by atoms with Crippen LogP contribution in [0.5, 0.6) is 0 Å². The fourth-order valence-corrected chi connectivity index (χ4v) is 10.9. The van der Waals surface area contributed by atoms with E-state index in [1.54, 1.807) is 0 Å². The van der Waals surface area contributed by atoms with E-state index in [4.69, 9.17) is 9.47 Å². The number of allylic oxidation sites excluding steroid dienone is 1. The Kier molecular flexibility index (Phi) is 8.90. The van der Waals surface area contributed by atoms with Crippen molar-refractivity contribution in [2.45, 2.75) is 120 Å². The molecular formula is C33H52O13. The number of carbonyl (C=O) groups excluding carboxylic acids is 1. The van der Waals surface area contributed by atoms with Crippen molar-refractivity contribution in [1.29, 1.82) is 0 Å². The van der Waals surface area contributed by atoms with Gasteiger partial charge in [0.1, 0.15) is 30.0 Å². The molecule has 1 heterocycles. The van der Waals surface area contributed by atoms with Gasteiger partial charge in [0.25, 0.3) is 0 Å². The molecule has 6 aliphatic rings. The highest BCUT2D eigenvalue weighted by Crippen LogP contribution is 2.68. The molecule has 18 atom stereocenters. The number of ether oxygens (including phenoxy) is 2. The normalized spacial score (nSPS) is 54.6. The Hall–Kier alpha value is -1.07. The van der Waals surface area contributed by atoms with Gasteiger partial charge in [-0.2, -0.15) is 0 Å². The van der Waals surface area contributed by atoms with E-state index in [2.05, 4.69) is 6.08 Å². The summed E-state index contributed by atoms with van der Waals surface area (Å²) in [4.78, 5) is 14.1. The summed E-state index contributed by atoms with van der Waals surface area (Å²) in [5.74, 6) is -2.95. The van der Waals surface area contributed by atoms with E-state index in [0.29, 0.717) is 19.3 Å². The highest BCUT2D eigenvalue weighted by atomic mass is 16.7. The first kappa shape index (κ1) is 34.8. The third-order valence-corrected chi connectivity index (χ3v) is 13.5. The minimum atomic E-state index is -2.03. The van der Waals surface area contributed by atoms with Crippen LogP contribution >= 0.6 is 0 Å². The first-order chi connectivity index (χ1) is 21.5. The molecule has 1 aliphatic heterocycles. The summed E-state index contributed by atoms with van der Waals surface area (Å²) in [6.07, 6.45) is -6.93. The first-order valence-corrected chi connectivity index (χ1v) is 16.7. The van der Waals surface area contributed by atoms with Crippen LogP contribution in [0.4, 0.5) is 0 Å². The molecule has 0 spiro atoms. The zero-order chi connectivity index (χ0) is 33.7. The zero-order valence-corrected chi connectivity index (χ0v) is 26.7. The lowest BCUT2D eigenvalue weighted by Gasteiger charge is -2.61. The topological polar surface area (TPSA) is 238 Å². The smallest absolute Gasteiger partial charge is 0.186 e. The number of carbonyl (C=O) groups is 1. The van der Waals surface area contributed by atoms with E-state index >= 15 is 0 Å². The molecule has 0 aromatic carbocycles. The van der Waals surface area contributed by atoms with Gasteiger partial charge in [-0.15, -0.1) is 0 Å². The maximum atomic E-state index is 14.1. The summed E-state index contributed by atoms with van der Waals surface area (Å²) >= 11 is 0. The van der Waals surface area contributed by atoms with Crippen molar-refractivity contribution in [1.82, 2.24) is 0 Å². The lowest BCUT2D eigenvalue weighted by Crippen LogP contribution is -2.62. The molecule has 46 heavy (non-hydrogen) atoms. The molecular weight excluding hydrogens is 604 g/mol. The lowest BCUT2D eigenvalue weighted by molar-refractivity contribution is -0.304. The summed E-state index contributed by atoms with van der Waals surface area (Å²) < 4.78 is 11.1. The second kappa shape index (κ2) is 11.8. The van der Waals surface area contributed by atoms with Crippen LogP contribution in [0.2, 0.25) is 0 Å². The van der Waals surface area contributed by atoms with Gasteiger partial charge in [0.2, 0.25) is 0 Å². The third kappa shape index (κ3) is 4.99. The van der Waals surface area contributed by atoms with Crippen molar-refractivity contribution < 1.29 is 65.3 Å². The monoisotopic (exact) mass is 656 g/mol. The summed E-state index contributed by atoms with van der Waals surface area (Å²) in [7, 11) is 0. The number of fused-ring (bicyclic) bond motifs is 5. The van der Waals surface area contributed by atoms with Gasteiger partial charge in [0, 0.05) is 29.1 Å². The fourth-order valence-electron chi connectivity index (χ4n) is 10.9. The highest BCUT2D eigenvalue weighted by molar-refractivity contribution is 5.92. The maximum absolute atomic E-state index is 14.1. The average molecular weight is 657 g/mol. The van der Waals surface area contributed by atoms with Gasteiger partial charge in [-0.1, -0.05) is 25.5 Å². The number of aliphatic hydroxyl groups is 10. The Morgan fingerprint density at radius 1 is 1.00 bits per heavy atom. The van der Waals surface area contributed by atoms with Gasteiger partial charge >= 0.3 is 0 Å². The van der Waals surface area contributed by atoms with E-state index < -0.39 is 108 Å². The van der Waals surface area contributed by atoms with E-state index in [0.717, 1.165) is 5.57 Å². The van der Waals surface area contributed by atoms with E-state index in [1.807, 2.05) is 13.8 Å². The fraction of sp³-hybridized carbons (Fsp3) is 0.909. The van der Waals surface area contributed by atoms with Crippen molar-refractivity contribution in [2.24, 2.45) is 45.8 Å². The number of rotatable bonds is 8. The Morgan fingerprint density at radius 3 is 2.35 bits per heavy atom. The summed E-state index contributed by atoms with van der Waals surface area (Å²) in [5.41, 5.74) is -3.78. The van der Waals surface area contributed by atoms with Gasteiger partial charge in [-0.05, 0) is 62.2 Å². The number of Topliss-reactive ketones (excluding diaryl/α,β-unsaturated/α-hetero) is 1. The molecule has 10 N–H and O–H groups in total. The Labute approximate surface area is 268 Å². The molecule has 0 bridgehead atoms. The number of aliphatic hydroxyl groups excluding tert-OH is 9. The van der Waals surface area contributed by atoms with Crippen LogP contribution in [0.15, 0.2) is 11.6 Å². The van der Waals surface area contributed by atoms with Crippen molar-refractivity contribution >= 4 is 5.78 Å². The number of hydrogen-bond donors (Lipinski definition) is 10. The number of hydrogen-bond acceptors (Lipinski definition) is 13. The van der Waals surface area contributed by atoms with Gasteiger partial charge < -0.3 is 60.5 Å². The predicted molar refractivity (Wildman–Crippen MR) is 158 cm³/mol. The van der Waals surface area contributed by atoms with E-state index in [-0.39, 0.29) is 43.6 Å². The maximum Gasteiger partial charge on any atom is 0.186 e. The van der Waals surface area contributed by atoms with Crippen LogP contribution in [0.25, 0.3) is 0 Å². The minimum absolute atomic E-state index is 0.123. The molecule has 4 saturated carbocycles. The lowest BCUT2D eigenvalue weighted by atomic mass is 9.45. The molecule has 0 aromatic heterocycles. The second-order valence-electron chi connectivity index (χ2n) is 16.0. The van der Waals surface area contributed by atoms with Gasteiger partial charge in [-0.3, -0.25) is 4.79 Å². The predicted octanol–water partition coefficient (Wildman–Crippen LogP) is -2.03. The van der Waals surface area contributed by atoms with Crippen LogP contribution in [0.3, 0.4) is 0 Å². The molecule has 13 heteroatoms. The summed E-state index contributed by atoms with van der Waals surface area (Å²) in [5, 5.41) is 107. The molecule has 0 amide bonds. The zero-order valence-electron chi connectivity index (χ0n) is 26.7. The average Bonchev–Trinajstić information content (AvgIpc) is 3.64. The summed E-state index contributed by atoms with van der Waals surface area (Å²) in [6.45, 7) is 3.85. The minimum Gasteiger partial charge on any atom is -0.396 e. The Balaban J connectivity index is 1.20. The molecule has 262 valence electrons. The van der Waals surface area contributed by atoms with E-state index in [9.17, 15) is 55.9 Å². The molecule has 1 saturated heterocycles. The largest absolute Gasteiger partial charge is 0.396 e. The van der Waals surface area contributed by atoms with Crippen LogP contribution in [-0.2, 0) is 14.3 Å². The van der Waals surface area contributed by atoms with Crippen LogP contribution in [-0.4, -0.2) is 137 Å². The standard InChI is InChI=1S/C33H52O13/c1-30-10-20(38)23-16(5-4-14-6-15(36)7-22(39)31(14,23)2)17(30)8-19(37)27(30)32(3,44)28(43)18-9-33(18,12-35)13-45-29-26(42)25(41)24(40)21(11-34)46-29/h4,15-27,29,34-42,44H,5-13H2,1-3H3/t15-,16-,17-,18+,19+,20-,21+,22+,23+,24+,25-,26+,27-,29+,30-,31+,32-,33+/m1/s1. The molecule has 5 aliphatic carbocycles. The molecule has 0 unspecified atom stereocenters. The molecule has 13 nitrogen and oxygen atoms in total. The quantitative estimate of drug-likeness (QED) is 0.127. The van der Waals surface area contributed by atoms with Crippen LogP contribution in [0.1, 0.15) is 59.3 Å². The van der Waals surface area contributed by atoms with Gasteiger partial charge in [0.05, 0.1) is 44.2 Å². The van der Waals surface area contributed by atoms with Crippen molar-refractivity contribution in [2.75, 3.05) is 19.8 Å². The van der Waals surface area contributed by atoms with Crippen LogP contribution in [0, 0.1) is 45.8 Å².